The van der Waals surface area contributed by atoms with Crippen molar-refractivity contribution in [2.75, 3.05) is 18.4 Å². The molecule has 8 nitrogen and oxygen atoms in total. The third kappa shape index (κ3) is 4.01. The summed E-state index contributed by atoms with van der Waals surface area (Å²) in [6, 6.07) is 3.79. The third-order valence-corrected chi connectivity index (χ3v) is 8.34. The lowest BCUT2D eigenvalue weighted by Crippen LogP contribution is -2.39. The summed E-state index contributed by atoms with van der Waals surface area (Å²) in [6.07, 6.45) is 5.36. The molecule has 0 bridgehead atoms. The predicted octanol–water partition coefficient (Wildman–Crippen LogP) is 3.36. The number of aryl methyl sites for hydroxylation is 1. The second-order valence-corrected chi connectivity index (χ2v) is 10.2. The minimum Gasteiger partial charge on any atom is -0.504 e. The van der Waals surface area contributed by atoms with Crippen molar-refractivity contribution < 1.29 is 22.7 Å². The standard InChI is InChI=1S/C20H24ClN3O5S/c21-14-6-7-15(17(25)19(14)30(27,28)13-4-2-9-22-11-13)23-20(26)24-16-5-1-3-12-8-10-29-18(12)16/h6-8,10,13,16,22,25H,1-5,9,11H2,(H2,23,24,26). The number of aromatic hydroxyl groups is 1. The molecule has 1 aliphatic heterocycles. The van der Waals surface area contributed by atoms with Gasteiger partial charge in [-0.3, -0.25) is 0 Å². The number of furan rings is 1. The number of phenols is 1. The number of amides is 2. The van der Waals surface area contributed by atoms with Crippen molar-refractivity contribution in [2.45, 2.75) is 48.3 Å². The molecule has 10 heteroatoms. The lowest BCUT2D eigenvalue weighted by atomic mass is 9.94. The van der Waals surface area contributed by atoms with Crippen LogP contribution in [-0.4, -0.2) is 37.9 Å². The minimum atomic E-state index is -3.87. The monoisotopic (exact) mass is 453 g/mol. The van der Waals surface area contributed by atoms with Crippen molar-refractivity contribution in [3.05, 3.63) is 40.8 Å². The summed E-state index contributed by atoms with van der Waals surface area (Å²) < 4.78 is 31.6. The molecular weight excluding hydrogens is 430 g/mol. The Balaban J connectivity index is 1.54. The van der Waals surface area contributed by atoms with Crippen LogP contribution in [0.4, 0.5) is 10.5 Å². The zero-order valence-corrected chi connectivity index (χ0v) is 17.9. The summed E-state index contributed by atoms with van der Waals surface area (Å²) in [5.41, 5.74) is 1.05. The van der Waals surface area contributed by atoms with E-state index in [1.165, 1.54) is 12.1 Å². The topological polar surface area (TPSA) is 121 Å². The van der Waals surface area contributed by atoms with E-state index in [9.17, 15) is 18.3 Å². The third-order valence-electron chi connectivity index (χ3n) is 5.65. The normalized spacial score (nSPS) is 21.6. The Kier molecular flexibility index (Phi) is 5.95. The number of sulfone groups is 1. The first-order chi connectivity index (χ1) is 14.4. The molecule has 1 aromatic heterocycles. The Labute approximate surface area is 179 Å². The van der Waals surface area contributed by atoms with Crippen LogP contribution in [0.1, 0.15) is 43.0 Å². The van der Waals surface area contributed by atoms with Crippen LogP contribution in [0.3, 0.4) is 0 Å². The van der Waals surface area contributed by atoms with Gasteiger partial charge in [-0.2, -0.15) is 0 Å². The van der Waals surface area contributed by atoms with E-state index in [4.69, 9.17) is 16.0 Å². The number of carbonyl (C=O) groups excluding carboxylic acids is 1. The Morgan fingerprint density at radius 3 is 2.83 bits per heavy atom. The molecule has 162 valence electrons. The van der Waals surface area contributed by atoms with Gasteiger partial charge in [-0.15, -0.1) is 0 Å². The molecule has 0 spiro atoms. The molecule has 4 N–H and O–H groups in total. The van der Waals surface area contributed by atoms with Gasteiger partial charge in [0.05, 0.1) is 28.3 Å². The van der Waals surface area contributed by atoms with Gasteiger partial charge in [0.1, 0.15) is 10.7 Å². The molecule has 2 heterocycles. The molecule has 30 heavy (non-hydrogen) atoms. The van der Waals surface area contributed by atoms with Crippen molar-refractivity contribution >= 4 is 33.2 Å². The Morgan fingerprint density at radius 2 is 2.07 bits per heavy atom. The molecule has 2 atom stereocenters. The summed E-state index contributed by atoms with van der Waals surface area (Å²) in [5.74, 6) is 0.176. The van der Waals surface area contributed by atoms with Crippen molar-refractivity contribution in [3.63, 3.8) is 0 Å². The van der Waals surface area contributed by atoms with Crippen molar-refractivity contribution in [3.8, 4) is 5.75 Å². The number of urea groups is 1. The zero-order valence-electron chi connectivity index (χ0n) is 16.3. The largest absolute Gasteiger partial charge is 0.504 e. The van der Waals surface area contributed by atoms with Gasteiger partial charge in [-0.1, -0.05) is 11.6 Å². The van der Waals surface area contributed by atoms with Crippen molar-refractivity contribution in [2.24, 2.45) is 0 Å². The smallest absolute Gasteiger partial charge is 0.319 e. The quantitative estimate of drug-likeness (QED) is 0.527. The van der Waals surface area contributed by atoms with E-state index in [0.717, 1.165) is 43.6 Å². The number of rotatable bonds is 4. The van der Waals surface area contributed by atoms with Gasteiger partial charge >= 0.3 is 6.03 Å². The van der Waals surface area contributed by atoms with Crippen LogP contribution in [0.15, 0.2) is 33.8 Å². The predicted molar refractivity (Wildman–Crippen MR) is 113 cm³/mol. The maximum absolute atomic E-state index is 13.1. The molecule has 1 aliphatic carbocycles. The number of fused-ring (bicyclic) bond motifs is 1. The fourth-order valence-corrected chi connectivity index (χ4v) is 6.45. The number of carbonyl (C=O) groups is 1. The lowest BCUT2D eigenvalue weighted by molar-refractivity contribution is 0.244. The fraction of sp³-hybridized carbons (Fsp3) is 0.450. The molecule has 0 saturated carbocycles. The summed E-state index contributed by atoms with van der Waals surface area (Å²) >= 11 is 6.14. The van der Waals surface area contributed by atoms with E-state index in [1.54, 1.807) is 6.26 Å². The molecule has 2 amide bonds. The van der Waals surface area contributed by atoms with E-state index >= 15 is 0 Å². The number of hydrogen-bond donors (Lipinski definition) is 4. The van der Waals surface area contributed by atoms with E-state index in [1.807, 2.05) is 6.07 Å². The first-order valence-electron chi connectivity index (χ1n) is 9.98. The van der Waals surface area contributed by atoms with E-state index in [2.05, 4.69) is 16.0 Å². The van der Waals surface area contributed by atoms with Gasteiger partial charge in [0, 0.05) is 6.54 Å². The molecule has 0 radical (unpaired) electrons. The van der Waals surface area contributed by atoms with Crippen molar-refractivity contribution in [1.29, 1.82) is 0 Å². The van der Waals surface area contributed by atoms with Gasteiger partial charge in [-0.25, -0.2) is 13.2 Å². The van der Waals surface area contributed by atoms with Crippen LogP contribution in [0, 0.1) is 0 Å². The van der Waals surface area contributed by atoms with Crippen LogP contribution in [0.5, 0.6) is 5.75 Å². The fourth-order valence-electron chi connectivity index (χ4n) is 4.11. The van der Waals surface area contributed by atoms with Gasteiger partial charge < -0.3 is 25.5 Å². The van der Waals surface area contributed by atoms with Gasteiger partial charge in [0.15, 0.2) is 15.6 Å². The zero-order chi connectivity index (χ0) is 21.3. The molecule has 1 saturated heterocycles. The molecule has 2 aromatic rings. The second-order valence-electron chi connectivity index (χ2n) is 7.64. The maximum Gasteiger partial charge on any atom is 0.319 e. The van der Waals surface area contributed by atoms with Crippen molar-refractivity contribution in [1.82, 2.24) is 10.6 Å². The number of benzene rings is 1. The average molecular weight is 454 g/mol. The highest BCUT2D eigenvalue weighted by molar-refractivity contribution is 7.92. The molecule has 2 unspecified atom stereocenters. The number of hydrogen-bond acceptors (Lipinski definition) is 6. The van der Waals surface area contributed by atoms with Crippen LogP contribution in [0.2, 0.25) is 5.02 Å². The SMILES string of the molecule is O=C(Nc1ccc(Cl)c(S(=O)(=O)C2CCCNC2)c1O)NC1CCCc2ccoc21. The summed E-state index contributed by atoms with van der Waals surface area (Å²) in [6.45, 7) is 1.05. The van der Waals surface area contributed by atoms with Crippen LogP contribution in [-0.2, 0) is 16.3 Å². The molecule has 4 rings (SSSR count). The van der Waals surface area contributed by atoms with E-state index in [-0.39, 0.29) is 21.6 Å². The Hall–Kier alpha value is -2.23. The van der Waals surface area contributed by atoms with E-state index in [0.29, 0.717) is 13.0 Å². The van der Waals surface area contributed by atoms with E-state index < -0.39 is 26.9 Å². The highest BCUT2D eigenvalue weighted by Gasteiger charge is 2.34. The molecular formula is C20H24ClN3O5S. The summed E-state index contributed by atoms with van der Waals surface area (Å²) in [5, 5.41) is 18.3. The second kappa shape index (κ2) is 8.49. The lowest BCUT2D eigenvalue weighted by Gasteiger charge is -2.24. The number of piperidine rings is 1. The summed E-state index contributed by atoms with van der Waals surface area (Å²) in [7, 11) is -3.87. The molecule has 1 fully saturated rings. The summed E-state index contributed by atoms with van der Waals surface area (Å²) in [4.78, 5) is 12.2. The average Bonchev–Trinajstić information content (AvgIpc) is 3.21. The first kappa shape index (κ1) is 21.0. The Bertz CT molecular complexity index is 1050. The van der Waals surface area contributed by atoms with Crippen LogP contribution in [0.25, 0.3) is 0 Å². The van der Waals surface area contributed by atoms with Crippen LogP contribution < -0.4 is 16.0 Å². The Morgan fingerprint density at radius 1 is 1.23 bits per heavy atom. The molecule has 2 aliphatic rings. The highest BCUT2D eigenvalue weighted by atomic mass is 35.5. The highest BCUT2D eigenvalue weighted by Crippen LogP contribution is 2.39. The molecule has 1 aromatic carbocycles. The first-order valence-corrected chi connectivity index (χ1v) is 11.9. The van der Waals surface area contributed by atoms with Gasteiger partial charge in [0.2, 0.25) is 0 Å². The number of halogens is 1. The number of nitrogens with one attached hydrogen (secondary N) is 3. The number of phenolic OH excluding ortho intramolecular Hbond substituents is 1. The van der Waals surface area contributed by atoms with Gasteiger partial charge in [-0.05, 0) is 62.4 Å². The van der Waals surface area contributed by atoms with Crippen LogP contribution >= 0.6 is 11.6 Å². The number of anilines is 1. The van der Waals surface area contributed by atoms with Gasteiger partial charge in [0.25, 0.3) is 0 Å². The minimum absolute atomic E-state index is 0.0188. The maximum atomic E-state index is 13.1.